The standard InChI is InChI=1S/C14H27NO2/c1-11-5-6-14(17)12(9-11)10-15(7-8-16)13-3-2-4-13/h11-14,16-17H,2-10H2,1H3. The molecule has 0 heterocycles. The number of hydrogen-bond donors (Lipinski definition) is 2. The molecule has 17 heavy (non-hydrogen) atoms. The van der Waals surface area contributed by atoms with Gasteiger partial charge in [-0.15, -0.1) is 0 Å². The Morgan fingerprint density at radius 3 is 2.53 bits per heavy atom. The van der Waals surface area contributed by atoms with Crippen LogP contribution in [-0.2, 0) is 0 Å². The maximum absolute atomic E-state index is 10.1. The second kappa shape index (κ2) is 6.17. The normalized spacial score (nSPS) is 34.9. The first-order chi connectivity index (χ1) is 8.20. The van der Waals surface area contributed by atoms with Crippen molar-refractivity contribution in [3.8, 4) is 0 Å². The summed E-state index contributed by atoms with van der Waals surface area (Å²) in [5, 5.41) is 19.2. The van der Waals surface area contributed by atoms with Gasteiger partial charge >= 0.3 is 0 Å². The minimum Gasteiger partial charge on any atom is -0.395 e. The molecule has 2 rings (SSSR count). The van der Waals surface area contributed by atoms with Crippen LogP contribution in [-0.4, -0.2) is 47.0 Å². The van der Waals surface area contributed by atoms with Crippen LogP contribution >= 0.6 is 0 Å². The molecule has 0 aromatic heterocycles. The molecule has 0 aromatic rings. The highest BCUT2D eigenvalue weighted by Gasteiger charge is 2.32. The summed E-state index contributed by atoms with van der Waals surface area (Å²) in [6.45, 7) is 4.30. The van der Waals surface area contributed by atoms with Crippen molar-refractivity contribution in [3.05, 3.63) is 0 Å². The van der Waals surface area contributed by atoms with Crippen molar-refractivity contribution in [2.45, 2.75) is 57.6 Å². The van der Waals surface area contributed by atoms with E-state index in [4.69, 9.17) is 5.11 Å². The third-order valence-corrected chi connectivity index (χ3v) is 4.65. The summed E-state index contributed by atoms with van der Waals surface area (Å²) < 4.78 is 0. The zero-order valence-electron chi connectivity index (χ0n) is 11.0. The fourth-order valence-electron chi connectivity index (χ4n) is 3.28. The Kier molecular flexibility index (Phi) is 4.83. The van der Waals surface area contributed by atoms with Gasteiger partial charge in [0, 0.05) is 19.1 Å². The van der Waals surface area contributed by atoms with E-state index < -0.39 is 0 Å². The molecule has 0 aromatic carbocycles. The van der Waals surface area contributed by atoms with E-state index in [1.165, 1.54) is 25.7 Å². The summed E-state index contributed by atoms with van der Waals surface area (Å²) in [4.78, 5) is 2.41. The highest BCUT2D eigenvalue weighted by molar-refractivity contribution is 4.85. The molecule has 0 saturated heterocycles. The van der Waals surface area contributed by atoms with Crippen LogP contribution in [0.2, 0.25) is 0 Å². The molecule has 0 aliphatic heterocycles. The topological polar surface area (TPSA) is 43.7 Å². The van der Waals surface area contributed by atoms with Crippen LogP contribution in [0, 0.1) is 11.8 Å². The summed E-state index contributed by atoms with van der Waals surface area (Å²) in [7, 11) is 0. The molecule has 2 aliphatic rings. The summed E-state index contributed by atoms with van der Waals surface area (Å²) in [6, 6.07) is 0.673. The predicted molar refractivity (Wildman–Crippen MR) is 68.8 cm³/mol. The molecule has 100 valence electrons. The van der Waals surface area contributed by atoms with E-state index >= 15 is 0 Å². The zero-order chi connectivity index (χ0) is 12.3. The van der Waals surface area contributed by atoms with E-state index in [-0.39, 0.29) is 12.7 Å². The summed E-state index contributed by atoms with van der Waals surface area (Å²) >= 11 is 0. The third kappa shape index (κ3) is 3.43. The van der Waals surface area contributed by atoms with Gasteiger partial charge in [-0.3, -0.25) is 4.90 Å². The van der Waals surface area contributed by atoms with Crippen LogP contribution in [0.15, 0.2) is 0 Å². The Bertz CT molecular complexity index is 228. The van der Waals surface area contributed by atoms with Gasteiger partial charge in [-0.2, -0.15) is 0 Å². The van der Waals surface area contributed by atoms with E-state index in [2.05, 4.69) is 11.8 Å². The minimum absolute atomic E-state index is 0.118. The zero-order valence-corrected chi connectivity index (χ0v) is 11.0. The fourth-order valence-corrected chi connectivity index (χ4v) is 3.28. The van der Waals surface area contributed by atoms with Crippen molar-refractivity contribution in [1.29, 1.82) is 0 Å². The summed E-state index contributed by atoms with van der Waals surface area (Å²) in [6.07, 6.45) is 7.04. The van der Waals surface area contributed by atoms with Crippen molar-refractivity contribution in [2.75, 3.05) is 19.7 Å². The number of aliphatic hydroxyl groups excluding tert-OH is 2. The second-order valence-electron chi connectivity index (χ2n) is 6.05. The van der Waals surface area contributed by atoms with Gasteiger partial charge in [0.05, 0.1) is 12.7 Å². The van der Waals surface area contributed by atoms with Gasteiger partial charge in [0.25, 0.3) is 0 Å². The van der Waals surface area contributed by atoms with Crippen LogP contribution in [0.1, 0.15) is 45.4 Å². The van der Waals surface area contributed by atoms with E-state index in [0.717, 1.165) is 31.8 Å². The molecular weight excluding hydrogens is 214 g/mol. The SMILES string of the molecule is CC1CCC(O)C(CN(CCO)C2CCC2)C1. The molecule has 0 bridgehead atoms. The van der Waals surface area contributed by atoms with E-state index in [1.807, 2.05) is 0 Å². The molecule has 2 N–H and O–H groups in total. The third-order valence-electron chi connectivity index (χ3n) is 4.65. The van der Waals surface area contributed by atoms with Crippen molar-refractivity contribution >= 4 is 0 Å². The van der Waals surface area contributed by atoms with Gasteiger partial charge in [-0.1, -0.05) is 13.3 Å². The lowest BCUT2D eigenvalue weighted by molar-refractivity contribution is 0.00621. The molecule has 2 aliphatic carbocycles. The maximum Gasteiger partial charge on any atom is 0.0580 e. The molecule has 3 atom stereocenters. The van der Waals surface area contributed by atoms with Gasteiger partial charge in [0.15, 0.2) is 0 Å². The number of nitrogens with zero attached hydrogens (tertiary/aromatic N) is 1. The summed E-state index contributed by atoms with van der Waals surface area (Å²) in [5.41, 5.74) is 0. The van der Waals surface area contributed by atoms with Gasteiger partial charge in [0.2, 0.25) is 0 Å². The van der Waals surface area contributed by atoms with Crippen molar-refractivity contribution in [1.82, 2.24) is 4.90 Å². The molecule has 3 unspecified atom stereocenters. The first kappa shape index (κ1) is 13.3. The van der Waals surface area contributed by atoms with Crippen molar-refractivity contribution < 1.29 is 10.2 Å². The van der Waals surface area contributed by atoms with Gasteiger partial charge < -0.3 is 10.2 Å². The molecule has 0 radical (unpaired) electrons. The minimum atomic E-state index is -0.118. The largest absolute Gasteiger partial charge is 0.395 e. The Morgan fingerprint density at radius 2 is 1.94 bits per heavy atom. The summed E-state index contributed by atoms with van der Waals surface area (Å²) in [5.74, 6) is 1.17. The Balaban J connectivity index is 1.86. The Morgan fingerprint density at radius 1 is 1.18 bits per heavy atom. The van der Waals surface area contributed by atoms with Gasteiger partial charge in [-0.25, -0.2) is 0 Å². The lowest BCUT2D eigenvalue weighted by Crippen LogP contribution is -2.47. The highest BCUT2D eigenvalue weighted by Crippen LogP contribution is 2.32. The van der Waals surface area contributed by atoms with Crippen molar-refractivity contribution in [3.63, 3.8) is 0 Å². The molecule has 2 saturated carbocycles. The van der Waals surface area contributed by atoms with E-state index in [0.29, 0.717) is 12.0 Å². The van der Waals surface area contributed by atoms with Gasteiger partial charge in [0.1, 0.15) is 0 Å². The van der Waals surface area contributed by atoms with Crippen LogP contribution in [0.3, 0.4) is 0 Å². The molecule has 3 nitrogen and oxygen atoms in total. The molecule has 2 fully saturated rings. The first-order valence-corrected chi connectivity index (χ1v) is 7.23. The Hall–Kier alpha value is -0.120. The molecule has 0 spiro atoms. The monoisotopic (exact) mass is 241 g/mol. The van der Waals surface area contributed by atoms with Crippen molar-refractivity contribution in [2.24, 2.45) is 11.8 Å². The van der Waals surface area contributed by atoms with Crippen LogP contribution < -0.4 is 0 Å². The molecule has 3 heteroatoms. The van der Waals surface area contributed by atoms with Gasteiger partial charge in [-0.05, 0) is 43.9 Å². The lowest BCUT2D eigenvalue weighted by Gasteiger charge is -2.42. The second-order valence-corrected chi connectivity index (χ2v) is 6.05. The number of rotatable bonds is 5. The quantitative estimate of drug-likeness (QED) is 0.769. The lowest BCUT2D eigenvalue weighted by atomic mass is 9.79. The van der Waals surface area contributed by atoms with Crippen LogP contribution in [0.4, 0.5) is 0 Å². The van der Waals surface area contributed by atoms with Crippen LogP contribution in [0.5, 0.6) is 0 Å². The Labute approximate surface area is 105 Å². The number of hydrogen-bond acceptors (Lipinski definition) is 3. The first-order valence-electron chi connectivity index (χ1n) is 7.23. The van der Waals surface area contributed by atoms with E-state index in [1.54, 1.807) is 0 Å². The average Bonchev–Trinajstić information content (AvgIpc) is 2.21. The molecule has 0 amide bonds. The smallest absolute Gasteiger partial charge is 0.0580 e. The number of aliphatic hydroxyl groups is 2. The molecular formula is C14H27NO2. The predicted octanol–water partition coefficient (Wildman–Crippen LogP) is 1.63. The maximum atomic E-state index is 10.1. The van der Waals surface area contributed by atoms with Crippen LogP contribution in [0.25, 0.3) is 0 Å². The van der Waals surface area contributed by atoms with E-state index in [9.17, 15) is 5.11 Å². The highest BCUT2D eigenvalue weighted by atomic mass is 16.3. The fraction of sp³-hybridized carbons (Fsp3) is 1.00. The average molecular weight is 241 g/mol.